The first kappa shape index (κ1) is 11.6. The van der Waals surface area contributed by atoms with E-state index in [1.807, 2.05) is 0 Å². The first-order valence-electron chi connectivity index (χ1n) is 5.46. The molecule has 1 amide bonds. The molecule has 0 spiro atoms. The maximum absolute atomic E-state index is 12.1. The molecule has 2 aromatic heterocycles. The molecule has 0 saturated heterocycles. The summed E-state index contributed by atoms with van der Waals surface area (Å²) >= 11 is 5.88. The number of rotatable bonds is 2. The molecule has 3 aromatic rings. The van der Waals surface area contributed by atoms with Crippen molar-refractivity contribution in [3.8, 4) is 0 Å². The number of benzene rings is 1. The monoisotopic (exact) mass is 273 g/mol. The van der Waals surface area contributed by atoms with Gasteiger partial charge in [-0.05, 0) is 30.3 Å². The van der Waals surface area contributed by atoms with Crippen molar-refractivity contribution in [3.63, 3.8) is 0 Å². The van der Waals surface area contributed by atoms with Crippen LogP contribution in [0.2, 0.25) is 5.15 Å². The van der Waals surface area contributed by atoms with Gasteiger partial charge in [0.05, 0.1) is 5.69 Å². The van der Waals surface area contributed by atoms with Gasteiger partial charge in [-0.2, -0.15) is 15.4 Å². The highest BCUT2D eigenvalue weighted by Gasteiger charge is 2.10. The maximum Gasteiger partial charge on any atom is 0.255 e. The van der Waals surface area contributed by atoms with E-state index in [0.29, 0.717) is 22.3 Å². The lowest BCUT2D eigenvalue weighted by Gasteiger charge is -2.05. The van der Waals surface area contributed by atoms with Crippen molar-refractivity contribution >= 4 is 34.2 Å². The van der Waals surface area contributed by atoms with Gasteiger partial charge in [0.2, 0.25) is 0 Å². The van der Waals surface area contributed by atoms with Crippen LogP contribution in [-0.4, -0.2) is 26.3 Å². The van der Waals surface area contributed by atoms with Gasteiger partial charge in [-0.1, -0.05) is 11.6 Å². The van der Waals surface area contributed by atoms with Crippen LogP contribution in [0.3, 0.4) is 0 Å². The lowest BCUT2D eigenvalue weighted by atomic mass is 10.2. The van der Waals surface area contributed by atoms with E-state index in [9.17, 15) is 4.79 Å². The minimum atomic E-state index is -0.278. The van der Waals surface area contributed by atoms with Gasteiger partial charge in [0, 0.05) is 11.8 Å². The summed E-state index contributed by atoms with van der Waals surface area (Å²) in [5.74, 6) is -0.278. The van der Waals surface area contributed by atoms with E-state index < -0.39 is 0 Å². The number of halogens is 1. The van der Waals surface area contributed by atoms with Gasteiger partial charge in [0.15, 0.2) is 5.15 Å². The predicted octanol–water partition coefficient (Wildman–Crippen LogP) is 2.26. The molecule has 0 radical (unpaired) electrons. The van der Waals surface area contributed by atoms with Gasteiger partial charge in [-0.15, -0.1) is 0 Å². The average Bonchev–Trinajstić information content (AvgIpc) is 2.88. The van der Waals surface area contributed by atoms with E-state index in [1.165, 1.54) is 0 Å². The van der Waals surface area contributed by atoms with Gasteiger partial charge in [0.1, 0.15) is 11.0 Å². The minimum Gasteiger partial charge on any atom is -0.319 e. The minimum absolute atomic E-state index is 0.248. The zero-order chi connectivity index (χ0) is 13.2. The Hall–Kier alpha value is -2.47. The summed E-state index contributed by atoms with van der Waals surface area (Å²) < 4.78 is 0. The molecule has 0 bridgehead atoms. The van der Waals surface area contributed by atoms with Crippen molar-refractivity contribution in [1.82, 2.24) is 20.4 Å². The second-order valence-corrected chi connectivity index (χ2v) is 4.18. The number of anilines is 1. The van der Waals surface area contributed by atoms with Crippen LogP contribution in [0.25, 0.3) is 11.0 Å². The summed E-state index contributed by atoms with van der Waals surface area (Å²) in [7, 11) is 0. The van der Waals surface area contributed by atoms with Crippen LogP contribution in [0.5, 0.6) is 0 Å². The Balaban J connectivity index is 1.89. The molecule has 1 aromatic carbocycles. The summed E-state index contributed by atoms with van der Waals surface area (Å²) in [5.41, 5.74) is 2.27. The number of fused-ring (bicyclic) bond motifs is 1. The lowest BCUT2D eigenvalue weighted by molar-refractivity contribution is 0.102. The first-order valence-corrected chi connectivity index (χ1v) is 5.84. The standard InChI is InChI=1S/C12H8ClN5O/c13-11-9(2-1-5-14-11)15-12(19)7-3-4-8-10(6-7)17-18-16-8/h1-6H,(H,15,19)(H,16,17,18). The van der Waals surface area contributed by atoms with Crippen LogP contribution in [-0.2, 0) is 0 Å². The van der Waals surface area contributed by atoms with Crippen LogP contribution >= 0.6 is 11.6 Å². The number of pyridine rings is 1. The number of carbonyl (C=O) groups excluding carboxylic acids is 1. The van der Waals surface area contributed by atoms with Crippen molar-refractivity contribution in [2.45, 2.75) is 0 Å². The molecule has 3 rings (SSSR count). The molecule has 0 unspecified atom stereocenters. The molecule has 6 nitrogen and oxygen atoms in total. The molecule has 2 N–H and O–H groups in total. The molecule has 0 atom stereocenters. The van der Waals surface area contributed by atoms with Gasteiger partial charge in [-0.3, -0.25) is 4.79 Å². The van der Waals surface area contributed by atoms with Crippen molar-refractivity contribution in [3.05, 3.63) is 47.2 Å². The molecule has 19 heavy (non-hydrogen) atoms. The second-order valence-electron chi connectivity index (χ2n) is 3.82. The van der Waals surface area contributed by atoms with Crippen molar-refractivity contribution in [1.29, 1.82) is 0 Å². The van der Waals surface area contributed by atoms with Gasteiger partial charge in [-0.25, -0.2) is 4.98 Å². The van der Waals surface area contributed by atoms with E-state index in [0.717, 1.165) is 0 Å². The van der Waals surface area contributed by atoms with Gasteiger partial charge >= 0.3 is 0 Å². The van der Waals surface area contributed by atoms with E-state index in [-0.39, 0.29) is 11.1 Å². The van der Waals surface area contributed by atoms with Gasteiger partial charge in [0.25, 0.3) is 5.91 Å². The van der Waals surface area contributed by atoms with Crippen LogP contribution in [0.4, 0.5) is 5.69 Å². The molecule has 0 saturated carbocycles. The van der Waals surface area contributed by atoms with Gasteiger partial charge < -0.3 is 5.32 Å². The summed E-state index contributed by atoms with van der Waals surface area (Å²) in [6, 6.07) is 8.42. The topological polar surface area (TPSA) is 83.6 Å². The maximum atomic E-state index is 12.1. The third-order valence-electron chi connectivity index (χ3n) is 2.59. The Bertz CT molecular complexity index is 754. The number of nitrogens with one attached hydrogen (secondary N) is 2. The normalized spacial score (nSPS) is 10.6. The number of hydrogen-bond donors (Lipinski definition) is 2. The zero-order valence-corrected chi connectivity index (χ0v) is 10.3. The highest BCUT2D eigenvalue weighted by atomic mass is 35.5. The van der Waals surface area contributed by atoms with E-state index in [4.69, 9.17) is 11.6 Å². The van der Waals surface area contributed by atoms with E-state index in [1.54, 1.807) is 36.5 Å². The first-order chi connectivity index (χ1) is 9.24. The quantitative estimate of drug-likeness (QED) is 0.702. The molecule has 2 heterocycles. The fourth-order valence-corrected chi connectivity index (χ4v) is 1.82. The largest absolute Gasteiger partial charge is 0.319 e. The second kappa shape index (κ2) is 4.66. The average molecular weight is 274 g/mol. The fraction of sp³-hybridized carbons (Fsp3) is 0. The predicted molar refractivity (Wildman–Crippen MR) is 71.1 cm³/mol. The molecule has 0 aliphatic heterocycles. The Morgan fingerprint density at radius 3 is 2.89 bits per heavy atom. The molecule has 0 aliphatic carbocycles. The van der Waals surface area contributed by atoms with Crippen LogP contribution < -0.4 is 5.32 Å². The summed E-state index contributed by atoms with van der Waals surface area (Å²) in [4.78, 5) is 16.0. The highest BCUT2D eigenvalue weighted by Crippen LogP contribution is 2.19. The molecule has 0 aliphatic rings. The molecule has 94 valence electrons. The smallest absolute Gasteiger partial charge is 0.255 e. The number of H-pyrrole nitrogens is 1. The van der Waals surface area contributed by atoms with Crippen molar-refractivity contribution in [2.24, 2.45) is 0 Å². The number of nitrogens with zero attached hydrogens (tertiary/aromatic N) is 3. The lowest BCUT2D eigenvalue weighted by Crippen LogP contribution is -2.12. The summed E-state index contributed by atoms with van der Waals surface area (Å²) in [6.07, 6.45) is 1.55. The van der Waals surface area contributed by atoms with Crippen LogP contribution in [0.15, 0.2) is 36.5 Å². The Morgan fingerprint density at radius 2 is 2.05 bits per heavy atom. The molecular formula is C12H8ClN5O. The Labute approximate surface area is 112 Å². The molecule has 7 heteroatoms. The van der Waals surface area contributed by atoms with Crippen LogP contribution in [0, 0.1) is 0 Å². The zero-order valence-electron chi connectivity index (χ0n) is 9.59. The van der Waals surface area contributed by atoms with Crippen molar-refractivity contribution < 1.29 is 4.79 Å². The molecular weight excluding hydrogens is 266 g/mol. The van der Waals surface area contributed by atoms with Crippen LogP contribution in [0.1, 0.15) is 10.4 Å². The SMILES string of the molecule is O=C(Nc1cccnc1Cl)c1ccc2n[nH]nc2c1. The molecule has 0 fully saturated rings. The highest BCUT2D eigenvalue weighted by molar-refractivity contribution is 6.32. The van der Waals surface area contributed by atoms with E-state index >= 15 is 0 Å². The third-order valence-corrected chi connectivity index (χ3v) is 2.89. The third kappa shape index (κ3) is 2.25. The Morgan fingerprint density at radius 1 is 1.21 bits per heavy atom. The number of hydrogen-bond acceptors (Lipinski definition) is 4. The number of aromatic nitrogens is 4. The number of amides is 1. The fourth-order valence-electron chi connectivity index (χ4n) is 1.66. The number of carbonyl (C=O) groups is 1. The van der Waals surface area contributed by atoms with Crippen molar-refractivity contribution in [2.75, 3.05) is 5.32 Å². The number of aromatic amines is 1. The summed E-state index contributed by atoms with van der Waals surface area (Å²) in [6.45, 7) is 0. The summed E-state index contributed by atoms with van der Waals surface area (Å²) in [5, 5.41) is 13.3. The van der Waals surface area contributed by atoms with E-state index in [2.05, 4.69) is 25.7 Å². The Kier molecular flexibility index (Phi) is 2.85.